The first-order valence-corrected chi connectivity index (χ1v) is 11.6. The summed E-state index contributed by atoms with van der Waals surface area (Å²) in [5.41, 5.74) is 1.30. The van der Waals surface area contributed by atoms with Gasteiger partial charge in [0.1, 0.15) is 11.0 Å². The first-order valence-electron chi connectivity index (χ1n) is 10.3. The molecule has 0 saturated carbocycles. The Bertz CT molecular complexity index is 877. The van der Waals surface area contributed by atoms with Crippen LogP contribution >= 0.6 is 23.4 Å². The van der Waals surface area contributed by atoms with Gasteiger partial charge in [0.05, 0.1) is 5.75 Å². The molecule has 31 heavy (non-hydrogen) atoms. The second-order valence-electron chi connectivity index (χ2n) is 7.24. The predicted molar refractivity (Wildman–Crippen MR) is 129 cm³/mol. The van der Waals surface area contributed by atoms with Crippen molar-refractivity contribution in [2.24, 2.45) is 0 Å². The normalized spacial score (nSPS) is 14.3. The minimum absolute atomic E-state index is 0.100. The number of carbonyl (C=O) groups is 1. The molecule has 1 aromatic heterocycles. The van der Waals surface area contributed by atoms with Crippen molar-refractivity contribution >= 4 is 35.1 Å². The van der Waals surface area contributed by atoms with Crippen LogP contribution in [0.2, 0.25) is 5.15 Å². The molecule has 0 bridgehead atoms. The average Bonchev–Trinajstić information content (AvgIpc) is 2.78. The quantitative estimate of drug-likeness (QED) is 0.234. The van der Waals surface area contributed by atoms with E-state index >= 15 is 0 Å². The lowest BCUT2D eigenvalue weighted by Crippen LogP contribution is -2.48. The van der Waals surface area contributed by atoms with Crippen LogP contribution in [-0.4, -0.2) is 70.7 Å². The number of thioether (sulfide) groups is 1. The minimum atomic E-state index is 0.100. The van der Waals surface area contributed by atoms with Gasteiger partial charge >= 0.3 is 0 Å². The maximum Gasteiger partial charge on any atom is 0.233 e. The Hall–Kier alpha value is -2.35. The smallest absolute Gasteiger partial charge is 0.233 e. The van der Waals surface area contributed by atoms with E-state index in [4.69, 9.17) is 11.6 Å². The summed E-state index contributed by atoms with van der Waals surface area (Å²) in [5.74, 6) is 1.09. The molecule has 3 rings (SSSR count). The molecule has 164 valence electrons. The van der Waals surface area contributed by atoms with E-state index < -0.39 is 0 Å². The fourth-order valence-corrected chi connectivity index (χ4v) is 4.38. The summed E-state index contributed by atoms with van der Waals surface area (Å²) in [7, 11) is 0. The Morgan fingerprint density at radius 2 is 1.77 bits per heavy atom. The van der Waals surface area contributed by atoms with E-state index in [0.717, 1.165) is 32.7 Å². The van der Waals surface area contributed by atoms with Crippen molar-refractivity contribution in [1.29, 1.82) is 0 Å². The molecule has 0 radical (unpaired) electrons. The molecule has 1 aromatic carbocycles. The van der Waals surface area contributed by atoms with E-state index in [-0.39, 0.29) is 5.91 Å². The number of halogens is 1. The summed E-state index contributed by atoms with van der Waals surface area (Å²) < 4.78 is 0. The van der Waals surface area contributed by atoms with Gasteiger partial charge in [-0.05, 0) is 5.56 Å². The van der Waals surface area contributed by atoms with Crippen LogP contribution in [0.5, 0.6) is 0 Å². The van der Waals surface area contributed by atoms with Gasteiger partial charge in [-0.25, -0.2) is 9.97 Å². The molecule has 1 aliphatic heterocycles. The van der Waals surface area contributed by atoms with Gasteiger partial charge in [-0.1, -0.05) is 65.8 Å². The Kier molecular flexibility index (Phi) is 8.94. The highest BCUT2D eigenvalue weighted by molar-refractivity contribution is 7.99. The molecular formula is C23H28ClN5OS. The van der Waals surface area contributed by atoms with Crippen LogP contribution in [0.1, 0.15) is 5.56 Å². The molecular weight excluding hydrogens is 430 g/mol. The molecule has 0 atom stereocenters. The van der Waals surface area contributed by atoms with Crippen LogP contribution in [0.4, 0.5) is 5.82 Å². The van der Waals surface area contributed by atoms with E-state index in [1.807, 2.05) is 15.9 Å². The molecule has 1 saturated heterocycles. The Labute approximate surface area is 193 Å². The summed E-state index contributed by atoms with van der Waals surface area (Å²) in [6.45, 7) is 12.9. The third-order valence-corrected chi connectivity index (χ3v) is 6.01. The molecule has 0 N–H and O–H groups in total. The highest BCUT2D eigenvalue weighted by Gasteiger charge is 2.21. The SMILES string of the molecule is C=CCN(CC=C)c1cc(Cl)nc(SCC(=O)N2CCN(Cc3ccccc3)CC2)n1. The molecule has 6 nitrogen and oxygen atoms in total. The number of rotatable bonds is 10. The van der Waals surface area contributed by atoms with Crippen molar-refractivity contribution in [2.45, 2.75) is 11.7 Å². The number of nitrogens with zero attached hydrogens (tertiary/aromatic N) is 5. The van der Waals surface area contributed by atoms with Crippen molar-refractivity contribution < 1.29 is 4.79 Å². The summed E-state index contributed by atoms with van der Waals surface area (Å²) in [6.07, 6.45) is 3.60. The standard InChI is InChI=1S/C23H28ClN5OS/c1-3-10-28(11-4-2)21-16-20(24)25-23(26-21)31-18-22(30)29-14-12-27(13-15-29)17-19-8-6-5-7-9-19/h3-9,16H,1-2,10-15,17-18H2. The van der Waals surface area contributed by atoms with Gasteiger partial charge < -0.3 is 9.80 Å². The number of piperazine rings is 1. The lowest BCUT2D eigenvalue weighted by Gasteiger charge is -2.34. The zero-order chi connectivity index (χ0) is 22.1. The highest BCUT2D eigenvalue weighted by Crippen LogP contribution is 2.22. The molecule has 1 amide bonds. The second kappa shape index (κ2) is 11.9. The van der Waals surface area contributed by atoms with Gasteiger partial charge in [0.15, 0.2) is 5.16 Å². The van der Waals surface area contributed by atoms with E-state index in [0.29, 0.717) is 35.0 Å². The first-order chi connectivity index (χ1) is 15.1. The van der Waals surface area contributed by atoms with Crippen LogP contribution in [0.25, 0.3) is 0 Å². The van der Waals surface area contributed by atoms with Crippen molar-refractivity contribution in [3.05, 3.63) is 72.4 Å². The molecule has 0 spiro atoms. The topological polar surface area (TPSA) is 52.6 Å². The third kappa shape index (κ3) is 7.09. The minimum Gasteiger partial charge on any atom is -0.349 e. The van der Waals surface area contributed by atoms with E-state index in [1.165, 1.54) is 17.3 Å². The van der Waals surface area contributed by atoms with Crippen LogP contribution in [-0.2, 0) is 11.3 Å². The van der Waals surface area contributed by atoms with Crippen LogP contribution in [0, 0.1) is 0 Å². The molecule has 2 heterocycles. The maximum atomic E-state index is 12.7. The van der Waals surface area contributed by atoms with Gasteiger partial charge in [-0.2, -0.15) is 0 Å². The number of amides is 1. The van der Waals surface area contributed by atoms with Gasteiger partial charge in [0.2, 0.25) is 5.91 Å². The Balaban J connectivity index is 1.51. The summed E-state index contributed by atoms with van der Waals surface area (Å²) in [6, 6.07) is 12.1. The van der Waals surface area contributed by atoms with Crippen LogP contribution in [0.3, 0.4) is 0 Å². The number of hydrogen-bond acceptors (Lipinski definition) is 6. The monoisotopic (exact) mass is 457 g/mol. The fourth-order valence-electron chi connectivity index (χ4n) is 3.40. The summed E-state index contributed by atoms with van der Waals surface area (Å²) in [5, 5.41) is 0.851. The molecule has 0 unspecified atom stereocenters. The second-order valence-corrected chi connectivity index (χ2v) is 8.57. The lowest BCUT2D eigenvalue weighted by molar-refractivity contribution is -0.130. The van der Waals surface area contributed by atoms with Crippen molar-refractivity contribution in [3.63, 3.8) is 0 Å². The highest BCUT2D eigenvalue weighted by atomic mass is 35.5. The number of hydrogen-bond donors (Lipinski definition) is 0. The van der Waals surface area contributed by atoms with Gasteiger partial charge in [0, 0.05) is 51.9 Å². The molecule has 0 aliphatic carbocycles. The van der Waals surface area contributed by atoms with Crippen molar-refractivity contribution in [2.75, 3.05) is 49.9 Å². The van der Waals surface area contributed by atoms with E-state index in [1.54, 1.807) is 18.2 Å². The van der Waals surface area contributed by atoms with Crippen LogP contribution < -0.4 is 4.90 Å². The molecule has 2 aromatic rings. The predicted octanol–water partition coefficient (Wildman–Crippen LogP) is 3.74. The Morgan fingerprint density at radius 3 is 2.42 bits per heavy atom. The number of anilines is 1. The lowest BCUT2D eigenvalue weighted by atomic mass is 10.2. The van der Waals surface area contributed by atoms with Crippen LogP contribution in [0.15, 0.2) is 66.9 Å². The number of benzene rings is 1. The largest absolute Gasteiger partial charge is 0.349 e. The van der Waals surface area contributed by atoms with Crippen molar-refractivity contribution in [3.8, 4) is 0 Å². The summed E-state index contributed by atoms with van der Waals surface area (Å²) >= 11 is 7.52. The first kappa shape index (κ1) is 23.3. The third-order valence-electron chi connectivity index (χ3n) is 4.98. The number of aromatic nitrogens is 2. The van der Waals surface area contributed by atoms with Gasteiger partial charge in [0.25, 0.3) is 0 Å². The maximum absolute atomic E-state index is 12.7. The van der Waals surface area contributed by atoms with Gasteiger partial charge in [-0.3, -0.25) is 9.69 Å². The average molecular weight is 458 g/mol. The van der Waals surface area contributed by atoms with E-state index in [9.17, 15) is 4.79 Å². The van der Waals surface area contributed by atoms with Gasteiger partial charge in [-0.15, -0.1) is 13.2 Å². The van der Waals surface area contributed by atoms with E-state index in [2.05, 4.69) is 52.3 Å². The fraction of sp³-hybridized carbons (Fsp3) is 0.348. The number of carbonyl (C=O) groups excluding carboxylic acids is 1. The van der Waals surface area contributed by atoms with Crippen molar-refractivity contribution in [1.82, 2.24) is 19.8 Å². The Morgan fingerprint density at radius 1 is 1.10 bits per heavy atom. The summed E-state index contributed by atoms with van der Waals surface area (Å²) in [4.78, 5) is 27.8. The zero-order valence-corrected chi connectivity index (χ0v) is 19.2. The molecule has 8 heteroatoms. The zero-order valence-electron chi connectivity index (χ0n) is 17.6. The molecule has 1 fully saturated rings. The molecule has 1 aliphatic rings.